The first-order valence-corrected chi connectivity index (χ1v) is 16.3. The zero-order valence-electron chi connectivity index (χ0n) is 24.7. The second-order valence-corrected chi connectivity index (χ2v) is 13.0. The molecule has 3 amide bonds. The molecule has 1 unspecified atom stereocenters. The zero-order valence-corrected chi connectivity index (χ0v) is 26.4. The third-order valence-corrected chi connectivity index (χ3v) is 9.23. The van der Waals surface area contributed by atoms with Crippen LogP contribution in [0.5, 0.6) is 0 Å². The molecule has 1 saturated carbocycles. The van der Waals surface area contributed by atoms with Crippen molar-refractivity contribution in [3.8, 4) is 0 Å². The number of hydrogen-bond donors (Lipinski definition) is 3. The highest BCUT2D eigenvalue weighted by Gasteiger charge is 2.29. The topological polar surface area (TPSA) is 108 Å². The highest BCUT2D eigenvalue weighted by molar-refractivity contribution is 6.44. The third-order valence-electron chi connectivity index (χ3n) is 7.80. The third kappa shape index (κ3) is 11.8. The molecule has 1 aliphatic carbocycles. The van der Waals surface area contributed by atoms with Gasteiger partial charge >= 0.3 is 6.09 Å². The number of hydrogen-bond acceptors (Lipinski definition) is 5. The van der Waals surface area contributed by atoms with Gasteiger partial charge in [-0.05, 0) is 48.4 Å². The Balaban J connectivity index is 1.52. The van der Waals surface area contributed by atoms with Crippen molar-refractivity contribution in [2.75, 3.05) is 20.2 Å². The first-order valence-electron chi connectivity index (χ1n) is 14.9. The summed E-state index contributed by atoms with van der Waals surface area (Å²) in [5.41, 5.74) is 1.50. The maximum atomic E-state index is 13.4. The van der Waals surface area contributed by atoms with Crippen LogP contribution in [-0.4, -0.2) is 63.8 Å². The number of benzene rings is 2. The maximum Gasteiger partial charge on any atom is 0.399 e. The van der Waals surface area contributed by atoms with Gasteiger partial charge in [0.25, 0.3) is 0 Å². The number of carbonyl (C=O) groups excluding carboxylic acids is 3. The summed E-state index contributed by atoms with van der Waals surface area (Å²) in [6.07, 6.45) is 6.79. The summed E-state index contributed by atoms with van der Waals surface area (Å²) in [7, 11) is 1.61. The van der Waals surface area contributed by atoms with Crippen molar-refractivity contribution in [1.29, 1.82) is 0 Å². The number of rotatable bonds is 15. The van der Waals surface area contributed by atoms with E-state index >= 15 is 0 Å². The fourth-order valence-corrected chi connectivity index (χ4v) is 6.62. The molecule has 3 N–H and O–H groups in total. The lowest BCUT2D eigenvalue weighted by Gasteiger charge is -2.28. The van der Waals surface area contributed by atoms with Crippen molar-refractivity contribution in [1.82, 2.24) is 15.2 Å². The molecule has 0 saturated heterocycles. The van der Waals surface area contributed by atoms with E-state index in [-0.39, 0.29) is 40.6 Å². The Kier molecular flexibility index (Phi) is 14.4. The van der Waals surface area contributed by atoms with Crippen LogP contribution in [0.3, 0.4) is 0 Å². The molecule has 42 heavy (non-hydrogen) atoms. The number of likely N-dealkylation sites (N-methyl/N-ethyl adjacent to an activating group) is 1. The largest absolute Gasteiger partial charge is 0.445 e. The summed E-state index contributed by atoms with van der Waals surface area (Å²) < 4.78 is 5.34. The van der Waals surface area contributed by atoms with Crippen molar-refractivity contribution in [3.63, 3.8) is 0 Å². The summed E-state index contributed by atoms with van der Waals surface area (Å²) in [5, 5.41) is 13.6. The smallest absolute Gasteiger partial charge is 0.399 e. The molecule has 8 nitrogen and oxygen atoms in total. The molecule has 2 aromatic rings. The predicted molar refractivity (Wildman–Crippen MR) is 166 cm³/mol. The van der Waals surface area contributed by atoms with Gasteiger partial charge in [-0.2, -0.15) is 0 Å². The number of nitrogens with one attached hydrogen (secondary N) is 2. The number of aliphatic hydroxyl groups excluding tert-OH is 1. The molecule has 0 heterocycles. The summed E-state index contributed by atoms with van der Waals surface area (Å²) >= 11 is 6.01. The molecule has 2 radical (unpaired) electrons. The molecule has 10 heteroatoms. The van der Waals surface area contributed by atoms with Gasteiger partial charge in [-0.3, -0.25) is 9.59 Å². The second-order valence-electron chi connectivity index (χ2n) is 11.3. The fourth-order valence-electron chi connectivity index (χ4n) is 5.38. The summed E-state index contributed by atoms with van der Waals surface area (Å²) in [4.78, 5) is 43.4. The lowest BCUT2D eigenvalue weighted by Crippen LogP contribution is -2.46. The molecule has 0 bridgehead atoms. The number of halogens is 1. The number of nitrogens with zero attached hydrogens (tertiary/aromatic N) is 1. The Morgan fingerprint density at radius 3 is 2.48 bits per heavy atom. The van der Waals surface area contributed by atoms with Gasteiger partial charge < -0.3 is 25.0 Å². The van der Waals surface area contributed by atoms with E-state index in [2.05, 4.69) is 10.3 Å². The minimum absolute atomic E-state index is 0.0247. The Morgan fingerprint density at radius 1 is 1.07 bits per heavy atom. The molecule has 0 aliphatic heterocycles. The molecule has 1 aliphatic rings. The number of carbonyl (C=O) groups is 3. The summed E-state index contributed by atoms with van der Waals surface area (Å²) in [6.45, 7) is 2.22. The summed E-state index contributed by atoms with van der Waals surface area (Å²) in [6, 6.07) is 16.5. The van der Waals surface area contributed by atoms with Crippen LogP contribution in [0, 0.1) is 11.8 Å². The van der Waals surface area contributed by atoms with Crippen LogP contribution in [-0.2, 0) is 27.4 Å². The van der Waals surface area contributed by atoms with E-state index in [4.69, 9.17) is 16.3 Å². The maximum absolute atomic E-state index is 13.4. The van der Waals surface area contributed by atoms with Crippen molar-refractivity contribution in [2.45, 2.75) is 76.5 Å². The molecular formula is C32H44ClN3O5Si. The first-order chi connectivity index (χ1) is 20.2. The van der Waals surface area contributed by atoms with E-state index in [0.29, 0.717) is 30.3 Å². The van der Waals surface area contributed by atoms with Gasteiger partial charge in [0.1, 0.15) is 6.61 Å². The molecule has 228 valence electrons. The monoisotopic (exact) mass is 613 g/mol. The van der Waals surface area contributed by atoms with E-state index in [1.165, 1.54) is 6.42 Å². The highest BCUT2D eigenvalue weighted by atomic mass is 35.5. The SMILES string of the molecule is CC(C[C@@H](CO)NC(=O)[C@H](CC1CCCCC1)[Si]NC(=O)OCc1cccc(Cl)c1)C(=O)N(C)CCc1ccccc1. The molecule has 0 spiro atoms. The normalized spacial score (nSPS) is 15.7. The van der Waals surface area contributed by atoms with Crippen LogP contribution in [0.15, 0.2) is 54.6 Å². The lowest BCUT2D eigenvalue weighted by molar-refractivity contribution is -0.134. The minimum Gasteiger partial charge on any atom is -0.445 e. The van der Waals surface area contributed by atoms with E-state index in [1.54, 1.807) is 30.1 Å². The van der Waals surface area contributed by atoms with Gasteiger partial charge in [0, 0.05) is 24.5 Å². The quantitative estimate of drug-likeness (QED) is 0.241. The fraction of sp³-hybridized carbons (Fsp3) is 0.531. The van der Waals surface area contributed by atoms with E-state index in [9.17, 15) is 19.5 Å². The van der Waals surface area contributed by atoms with Gasteiger partial charge in [0.15, 0.2) is 9.68 Å². The molecule has 3 atom stereocenters. The van der Waals surface area contributed by atoms with Crippen molar-refractivity contribution < 1.29 is 24.2 Å². The van der Waals surface area contributed by atoms with E-state index in [1.807, 2.05) is 43.3 Å². The van der Waals surface area contributed by atoms with E-state index in [0.717, 1.165) is 43.2 Å². The summed E-state index contributed by atoms with van der Waals surface area (Å²) in [5.74, 6) is -0.201. The second kappa shape index (κ2) is 17.9. The van der Waals surface area contributed by atoms with Crippen LogP contribution in [0.2, 0.25) is 10.6 Å². The van der Waals surface area contributed by atoms with Crippen LogP contribution < -0.4 is 10.3 Å². The van der Waals surface area contributed by atoms with Crippen LogP contribution in [0.4, 0.5) is 4.79 Å². The average molecular weight is 614 g/mol. The van der Waals surface area contributed by atoms with Gasteiger partial charge in [-0.25, -0.2) is 4.79 Å². The van der Waals surface area contributed by atoms with Crippen molar-refractivity contribution >= 4 is 39.2 Å². The predicted octanol–water partition coefficient (Wildman–Crippen LogP) is 5.15. The number of aliphatic hydroxyl groups is 1. The van der Waals surface area contributed by atoms with Gasteiger partial charge in [-0.1, -0.05) is 93.1 Å². The Hall–Kier alpha value is -2.88. The van der Waals surface area contributed by atoms with Gasteiger partial charge in [-0.15, -0.1) is 0 Å². The Labute approximate surface area is 257 Å². The van der Waals surface area contributed by atoms with Crippen molar-refractivity contribution in [3.05, 3.63) is 70.7 Å². The highest BCUT2D eigenvalue weighted by Crippen LogP contribution is 2.31. The van der Waals surface area contributed by atoms with Gasteiger partial charge in [0.2, 0.25) is 11.8 Å². The molecule has 1 fully saturated rings. The Morgan fingerprint density at radius 2 is 1.79 bits per heavy atom. The van der Waals surface area contributed by atoms with Crippen LogP contribution in [0.25, 0.3) is 0 Å². The zero-order chi connectivity index (χ0) is 30.3. The van der Waals surface area contributed by atoms with E-state index < -0.39 is 17.7 Å². The first kappa shape index (κ1) is 33.6. The van der Waals surface area contributed by atoms with Crippen LogP contribution in [0.1, 0.15) is 63.0 Å². The van der Waals surface area contributed by atoms with Crippen molar-refractivity contribution in [2.24, 2.45) is 11.8 Å². The van der Waals surface area contributed by atoms with Crippen LogP contribution >= 0.6 is 11.6 Å². The molecule has 3 rings (SSSR count). The minimum atomic E-state index is -0.591. The average Bonchev–Trinajstić information content (AvgIpc) is 3.01. The number of amides is 3. The molecule has 2 aromatic carbocycles. The van der Waals surface area contributed by atoms with Gasteiger partial charge in [0.05, 0.1) is 18.2 Å². The number of ether oxygens (including phenoxy) is 1. The standard InChI is InChI=1S/C32H44ClN3O5Si/c1-23(31(39)36(2)17-16-24-10-5-3-6-11-24)18-28(21-37)34-30(38)29(20-25-12-7-4-8-13-25)42-35-32(40)41-22-26-14-9-15-27(33)19-26/h3,5-6,9-11,14-15,19,23,25,28-29,37H,4,7-8,12-13,16-18,20-22H2,1-2H3,(H,34,38)(H,35,40)/t23?,28-,29-/m0/s1. The molecular weight excluding hydrogens is 570 g/mol. The Bertz CT molecular complexity index is 1130. The lowest BCUT2D eigenvalue weighted by atomic mass is 9.86. The molecule has 0 aromatic heterocycles.